The van der Waals surface area contributed by atoms with Crippen molar-refractivity contribution in [3.63, 3.8) is 0 Å². The number of methoxy groups -OCH3 is 1. The van der Waals surface area contributed by atoms with Gasteiger partial charge in [-0.2, -0.15) is 5.26 Å². The van der Waals surface area contributed by atoms with Gasteiger partial charge in [0, 0.05) is 24.3 Å². The number of anilines is 1. The summed E-state index contributed by atoms with van der Waals surface area (Å²) in [6.07, 6.45) is 1.30. The van der Waals surface area contributed by atoms with Crippen LogP contribution in [0.3, 0.4) is 0 Å². The summed E-state index contributed by atoms with van der Waals surface area (Å²) in [6.45, 7) is 0.117. The first kappa shape index (κ1) is 26.9. The highest BCUT2D eigenvalue weighted by Gasteiger charge is 2.19. The Balaban J connectivity index is 1.77. The van der Waals surface area contributed by atoms with E-state index in [0.29, 0.717) is 22.6 Å². The number of benzene rings is 3. The Labute approximate surface area is 219 Å². The van der Waals surface area contributed by atoms with Gasteiger partial charge in [0.05, 0.1) is 32.7 Å². The molecule has 11 nitrogen and oxygen atoms in total. The molecule has 37 heavy (non-hydrogen) atoms. The molecular weight excluding hydrogens is 527 g/mol. The van der Waals surface area contributed by atoms with Crippen LogP contribution in [-0.2, 0) is 11.4 Å². The standard InChI is InChI=1S/C24H16Cl2N4O7/c1-36-22-9-15(4-7-21(22)37-13-14-2-5-17(6-3-14)29(32)33)8-16(12-27)24(31)28-23-19(25)10-18(30(34)35)11-20(23)26/h2-11H,13H2,1H3,(H,28,31)/b16-8+. The summed E-state index contributed by atoms with van der Waals surface area (Å²) in [4.78, 5) is 33.2. The van der Waals surface area contributed by atoms with Gasteiger partial charge in [0.2, 0.25) is 0 Å². The van der Waals surface area contributed by atoms with Crippen LogP contribution in [0.5, 0.6) is 11.5 Å². The summed E-state index contributed by atoms with van der Waals surface area (Å²) in [5, 5.41) is 33.3. The van der Waals surface area contributed by atoms with Crippen molar-refractivity contribution in [1.29, 1.82) is 5.26 Å². The zero-order valence-electron chi connectivity index (χ0n) is 18.9. The number of carbonyl (C=O) groups excluding carboxylic acids is 1. The second kappa shape index (κ2) is 11.9. The first-order valence-electron chi connectivity index (χ1n) is 10.2. The predicted molar refractivity (Wildman–Crippen MR) is 136 cm³/mol. The van der Waals surface area contributed by atoms with Gasteiger partial charge in [-0.15, -0.1) is 0 Å². The van der Waals surface area contributed by atoms with Crippen molar-refractivity contribution in [2.75, 3.05) is 12.4 Å². The number of ether oxygens (including phenoxy) is 2. The number of nitro groups is 2. The number of hydrogen-bond acceptors (Lipinski definition) is 8. The van der Waals surface area contributed by atoms with Gasteiger partial charge in [0.15, 0.2) is 11.5 Å². The minimum Gasteiger partial charge on any atom is -0.493 e. The largest absolute Gasteiger partial charge is 0.493 e. The molecule has 0 fully saturated rings. The third-order valence-electron chi connectivity index (χ3n) is 4.88. The van der Waals surface area contributed by atoms with Crippen LogP contribution in [0.25, 0.3) is 6.08 Å². The van der Waals surface area contributed by atoms with Crippen LogP contribution < -0.4 is 14.8 Å². The number of carbonyl (C=O) groups is 1. The molecule has 0 aliphatic carbocycles. The van der Waals surface area contributed by atoms with Gasteiger partial charge in [-0.05, 0) is 41.5 Å². The normalized spacial score (nSPS) is 10.8. The number of nitrogens with zero attached hydrogens (tertiary/aromatic N) is 3. The predicted octanol–water partition coefficient (Wildman–Crippen LogP) is 5.94. The van der Waals surface area contributed by atoms with E-state index in [1.54, 1.807) is 36.4 Å². The van der Waals surface area contributed by atoms with Crippen molar-refractivity contribution in [2.24, 2.45) is 0 Å². The first-order chi connectivity index (χ1) is 17.6. The van der Waals surface area contributed by atoms with Crippen molar-refractivity contribution in [1.82, 2.24) is 0 Å². The molecule has 0 unspecified atom stereocenters. The quantitative estimate of drug-likeness (QED) is 0.150. The Morgan fingerprint density at radius 2 is 1.62 bits per heavy atom. The maximum atomic E-state index is 12.7. The van der Waals surface area contributed by atoms with Crippen molar-refractivity contribution < 1.29 is 24.1 Å². The molecule has 13 heteroatoms. The van der Waals surface area contributed by atoms with E-state index in [9.17, 15) is 30.3 Å². The molecule has 188 valence electrons. The smallest absolute Gasteiger partial charge is 0.272 e. The fourth-order valence-corrected chi connectivity index (χ4v) is 3.62. The van der Waals surface area contributed by atoms with Gasteiger partial charge in [-0.25, -0.2) is 0 Å². The first-order valence-corrected chi connectivity index (χ1v) is 11.0. The number of amides is 1. The van der Waals surface area contributed by atoms with E-state index < -0.39 is 15.8 Å². The topological polar surface area (TPSA) is 158 Å². The summed E-state index contributed by atoms with van der Waals surface area (Å²) in [5.74, 6) is -0.155. The zero-order chi connectivity index (χ0) is 27.1. The molecule has 3 aromatic carbocycles. The Morgan fingerprint density at radius 1 is 1.00 bits per heavy atom. The molecule has 0 saturated carbocycles. The maximum Gasteiger partial charge on any atom is 0.272 e. The average Bonchev–Trinajstić information content (AvgIpc) is 2.88. The van der Waals surface area contributed by atoms with Gasteiger partial charge in [-0.3, -0.25) is 25.0 Å². The molecule has 1 amide bonds. The van der Waals surface area contributed by atoms with Crippen LogP contribution in [0.1, 0.15) is 11.1 Å². The molecule has 0 saturated heterocycles. The molecule has 1 N–H and O–H groups in total. The number of hydrogen-bond donors (Lipinski definition) is 1. The molecule has 0 heterocycles. The van der Waals surface area contributed by atoms with E-state index in [4.69, 9.17) is 32.7 Å². The fourth-order valence-electron chi connectivity index (χ4n) is 3.05. The van der Waals surface area contributed by atoms with Crippen molar-refractivity contribution in [3.05, 3.63) is 102 Å². The lowest BCUT2D eigenvalue weighted by Gasteiger charge is -2.12. The maximum absolute atomic E-state index is 12.7. The molecular formula is C24H16Cl2N4O7. The number of nitriles is 1. The number of nitro benzene ring substituents is 2. The highest BCUT2D eigenvalue weighted by atomic mass is 35.5. The van der Waals surface area contributed by atoms with Gasteiger partial charge in [0.1, 0.15) is 18.2 Å². The number of nitrogens with one attached hydrogen (secondary N) is 1. The van der Waals surface area contributed by atoms with Crippen molar-refractivity contribution in [2.45, 2.75) is 6.61 Å². The average molecular weight is 543 g/mol. The zero-order valence-corrected chi connectivity index (χ0v) is 20.4. The van der Waals surface area contributed by atoms with Crippen molar-refractivity contribution in [3.8, 4) is 17.6 Å². The monoisotopic (exact) mass is 542 g/mol. The van der Waals surface area contributed by atoms with Crippen LogP contribution in [0.15, 0.2) is 60.2 Å². The molecule has 3 aromatic rings. The van der Waals surface area contributed by atoms with E-state index in [0.717, 1.165) is 12.1 Å². The number of rotatable bonds is 9. The van der Waals surface area contributed by atoms with Crippen LogP contribution >= 0.6 is 23.2 Å². The minimum absolute atomic E-state index is 0.0343. The minimum atomic E-state index is -0.836. The van der Waals surface area contributed by atoms with E-state index in [1.807, 2.05) is 0 Å². The molecule has 0 spiro atoms. The lowest BCUT2D eigenvalue weighted by molar-refractivity contribution is -0.385. The van der Waals surface area contributed by atoms with Gasteiger partial charge >= 0.3 is 0 Å². The third kappa shape index (κ3) is 6.72. The summed E-state index contributed by atoms with van der Waals surface area (Å²) >= 11 is 12.0. The highest BCUT2D eigenvalue weighted by molar-refractivity contribution is 6.40. The second-order valence-electron chi connectivity index (χ2n) is 7.29. The summed E-state index contributed by atoms with van der Waals surface area (Å²) in [7, 11) is 1.41. The molecule has 0 aliphatic rings. The number of non-ortho nitro benzene ring substituents is 2. The Bertz CT molecular complexity index is 1430. The van der Waals surface area contributed by atoms with Crippen LogP contribution in [0.2, 0.25) is 10.0 Å². The van der Waals surface area contributed by atoms with Crippen LogP contribution in [-0.4, -0.2) is 22.9 Å². The lowest BCUT2D eigenvalue weighted by atomic mass is 10.1. The molecule has 0 aromatic heterocycles. The second-order valence-corrected chi connectivity index (χ2v) is 8.10. The third-order valence-corrected chi connectivity index (χ3v) is 5.48. The van der Waals surface area contributed by atoms with Crippen LogP contribution in [0, 0.1) is 31.6 Å². The lowest BCUT2D eigenvalue weighted by Crippen LogP contribution is -2.14. The summed E-state index contributed by atoms with van der Waals surface area (Å²) < 4.78 is 11.1. The molecule has 0 bridgehead atoms. The van der Waals surface area contributed by atoms with Crippen molar-refractivity contribution >= 4 is 52.2 Å². The Morgan fingerprint density at radius 3 is 2.16 bits per heavy atom. The Kier molecular flexibility index (Phi) is 8.63. The molecule has 0 radical (unpaired) electrons. The van der Waals surface area contributed by atoms with Gasteiger partial charge < -0.3 is 14.8 Å². The fraction of sp³-hybridized carbons (Fsp3) is 0.0833. The molecule has 0 aliphatic heterocycles. The van der Waals surface area contributed by atoms with Crippen LogP contribution in [0.4, 0.5) is 17.1 Å². The van der Waals surface area contributed by atoms with Gasteiger partial charge in [-0.1, -0.05) is 29.3 Å². The Hall–Kier alpha value is -4.66. The summed E-state index contributed by atoms with van der Waals surface area (Å²) in [5.41, 5.74) is 0.371. The highest BCUT2D eigenvalue weighted by Crippen LogP contribution is 2.35. The number of halogens is 2. The van der Waals surface area contributed by atoms with E-state index in [2.05, 4.69) is 5.32 Å². The van der Waals surface area contributed by atoms with E-state index in [-0.39, 0.29) is 39.3 Å². The van der Waals surface area contributed by atoms with E-state index in [1.165, 1.54) is 25.3 Å². The van der Waals surface area contributed by atoms with Gasteiger partial charge in [0.25, 0.3) is 17.3 Å². The SMILES string of the molecule is COc1cc(/C=C(\C#N)C(=O)Nc2c(Cl)cc([N+](=O)[O-])cc2Cl)ccc1OCc1ccc([N+](=O)[O-])cc1. The summed E-state index contributed by atoms with van der Waals surface area (Å²) in [6, 6.07) is 14.4. The molecule has 0 atom stereocenters. The van der Waals surface area contributed by atoms with E-state index >= 15 is 0 Å². The molecule has 3 rings (SSSR count).